The molecular formula is C19H23N3O2. The summed E-state index contributed by atoms with van der Waals surface area (Å²) in [6.07, 6.45) is 8.45. The molecule has 5 heteroatoms. The number of rotatable bonds is 1. The molecule has 3 rings (SSSR count). The number of fused-ring (bicyclic) bond motifs is 2. The fourth-order valence-corrected chi connectivity index (χ4v) is 3.61. The third kappa shape index (κ3) is 2.89. The van der Waals surface area contributed by atoms with Gasteiger partial charge in [-0.2, -0.15) is 5.26 Å². The van der Waals surface area contributed by atoms with Crippen LogP contribution in [-0.2, 0) is 10.2 Å². The van der Waals surface area contributed by atoms with Crippen molar-refractivity contribution in [3.63, 3.8) is 0 Å². The quantitative estimate of drug-likeness (QED) is 0.741. The second kappa shape index (κ2) is 5.62. The minimum Gasteiger partial charge on any atom is -0.444 e. The number of nitrogens with zero attached hydrogens (tertiary/aromatic N) is 3. The largest absolute Gasteiger partial charge is 0.444 e. The normalized spacial score (nSPS) is 28.5. The Kier molecular flexibility index (Phi) is 3.87. The minimum absolute atomic E-state index is 0.112. The van der Waals surface area contributed by atoms with Gasteiger partial charge in [-0.3, -0.25) is 9.88 Å². The first-order chi connectivity index (χ1) is 11.2. The Balaban J connectivity index is 1.87. The lowest BCUT2D eigenvalue weighted by Gasteiger charge is -2.43. The first-order valence-corrected chi connectivity index (χ1v) is 8.27. The van der Waals surface area contributed by atoms with Gasteiger partial charge in [0.1, 0.15) is 5.60 Å². The number of aromatic nitrogens is 1. The van der Waals surface area contributed by atoms with Crippen molar-refractivity contribution >= 4 is 6.09 Å². The molecule has 0 spiro atoms. The smallest absolute Gasteiger partial charge is 0.411 e. The van der Waals surface area contributed by atoms with Crippen molar-refractivity contribution in [1.82, 2.24) is 9.88 Å². The highest BCUT2D eigenvalue weighted by Gasteiger charge is 2.50. The number of carbonyl (C=O) groups is 1. The van der Waals surface area contributed by atoms with Gasteiger partial charge in [-0.15, -0.1) is 0 Å². The molecule has 0 radical (unpaired) electrons. The summed E-state index contributed by atoms with van der Waals surface area (Å²) in [7, 11) is 0. The molecule has 0 aliphatic carbocycles. The van der Waals surface area contributed by atoms with Crippen molar-refractivity contribution in [3.8, 4) is 6.07 Å². The molecule has 2 bridgehead atoms. The molecule has 126 valence electrons. The zero-order valence-corrected chi connectivity index (χ0v) is 14.6. The van der Waals surface area contributed by atoms with E-state index in [9.17, 15) is 10.1 Å². The number of nitriles is 1. The molecule has 2 unspecified atom stereocenters. The number of aryl methyl sites for hydroxylation is 1. The van der Waals surface area contributed by atoms with Crippen LogP contribution in [-0.4, -0.2) is 33.7 Å². The Morgan fingerprint density at radius 2 is 1.96 bits per heavy atom. The molecule has 0 N–H and O–H groups in total. The third-order valence-electron chi connectivity index (χ3n) is 4.63. The van der Waals surface area contributed by atoms with Gasteiger partial charge >= 0.3 is 6.09 Å². The summed E-state index contributed by atoms with van der Waals surface area (Å²) in [6, 6.07) is 4.31. The summed E-state index contributed by atoms with van der Waals surface area (Å²) in [6.45, 7) is 7.57. The first-order valence-electron chi connectivity index (χ1n) is 8.27. The number of hydrogen-bond donors (Lipinski definition) is 0. The van der Waals surface area contributed by atoms with Gasteiger partial charge in [0.25, 0.3) is 0 Å². The van der Waals surface area contributed by atoms with Gasteiger partial charge < -0.3 is 4.74 Å². The molecule has 0 saturated carbocycles. The van der Waals surface area contributed by atoms with E-state index in [0.29, 0.717) is 12.8 Å². The van der Waals surface area contributed by atoms with Crippen molar-refractivity contribution in [2.75, 3.05) is 0 Å². The van der Waals surface area contributed by atoms with E-state index in [2.05, 4.69) is 11.1 Å². The maximum Gasteiger partial charge on any atom is 0.411 e. The van der Waals surface area contributed by atoms with Gasteiger partial charge in [0.15, 0.2) is 0 Å². The van der Waals surface area contributed by atoms with Gasteiger partial charge in [0.05, 0.1) is 23.6 Å². The van der Waals surface area contributed by atoms with Crippen LogP contribution < -0.4 is 0 Å². The predicted molar refractivity (Wildman–Crippen MR) is 90.3 cm³/mol. The highest BCUT2D eigenvalue weighted by atomic mass is 16.6. The van der Waals surface area contributed by atoms with Gasteiger partial charge in [-0.25, -0.2) is 4.79 Å². The Labute approximate surface area is 142 Å². The van der Waals surface area contributed by atoms with Crippen LogP contribution in [0.2, 0.25) is 0 Å². The van der Waals surface area contributed by atoms with Gasteiger partial charge in [-0.1, -0.05) is 18.2 Å². The molecule has 2 atom stereocenters. The molecule has 1 aromatic heterocycles. The van der Waals surface area contributed by atoms with Crippen molar-refractivity contribution < 1.29 is 9.53 Å². The number of piperidine rings is 1. The van der Waals surface area contributed by atoms with Crippen LogP contribution in [0.5, 0.6) is 0 Å². The second-order valence-electron chi connectivity index (χ2n) is 7.76. The number of ether oxygens (including phenoxy) is 1. The van der Waals surface area contributed by atoms with E-state index >= 15 is 0 Å². The van der Waals surface area contributed by atoms with Crippen LogP contribution in [0, 0.1) is 18.3 Å². The van der Waals surface area contributed by atoms with Crippen LogP contribution in [0.3, 0.4) is 0 Å². The van der Waals surface area contributed by atoms with E-state index in [1.54, 1.807) is 17.3 Å². The van der Waals surface area contributed by atoms with E-state index in [4.69, 9.17) is 4.74 Å². The van der Waals surface area contributed by atoms with Crippen molar-refractivity contribution in [1.29, 1.82) is 5.26 Å². The van der Waals surface area contributed by atoms with Crippen molar-refractivity contribution in [2.45, 2.75) is 63.6 Å². The zero-order chi connectivity index (χ0) is 17.5. The standard InChI is InChI=1S/C19H23N3O2/c1-13-7-14(11-21-10-13)19(12-20)8-15-5-6-16(9-19)22(15)17(23)24-18(2,3)4/h5-7,10-11,15-16H,8-9H2,1-4H3. The summed E-state index contributed by atoms with van der Waals surface area (Å²) in [4.78, 5) is 18.5. The fraction of sp³-hybridized carbons (Fsp3) is 0.526. The Morgan fingerprint density at radius 1 is 1.33 bits per heavy atom. The van der Waals surface area contributed by atoms with Crippen molar-refractivity contribution in [2.24, 2.45) is 0 Å². The molecule has 2 aliphatic heterocycles. The third-order valence-corrected chi connectivity index (χ3v) is 4.63. The lowest BCUT2D eigenvalue weighted by molar-refractivity contribution is 0.00562. The molecule has 1 aromatic rings. The van der Waals surface area contributed by atoms with Crippen LogP contribution >= 0.6 is 0 Å². The number of amides is 1. The van der Waals surface area contributed by atoms with E-state index in [-0.39, 0.29) is 18.2 Å². The lowest BCUT2D eigenvalue weighted by Crippen LogP contribution is -2.53. The molecule has 24 heavy (non-hydrogen) atoms. The van der Waals surface area contributed by atoms with Crippen LogP contribution in [0.4, 0.5) is 4.79 Å². The monoisotopic (exact) mass is 325 g/mol. The molecule has 1 amide bonds. The fourth-order valence-electron chi connectivity index (χ4n) is 3.61. The Hall–Kier alpha value is -2.35. The molecule has 2 aliphatic rings. The van der Waals surface area contributed by atoms with E-state index in [1.807, 2.05) is 45.9 Å². The van der Waals surface area contributed by atoms with Crippen LogP contribution in [0.1, 0.15) is 44.7 Å². The van der Waals surface area contributed by atoms with Gasteiger partial charge in [0, 0.05) is 12.4 Å². The summed E-state index contributed by atoms with van der Waals surface area (Å²) < 4.78 is 5.54. The summed E-state index contributed by atoms with van der Waals surface area (Å²) in [5, 5.41) is 9.92. The minimum atomic E-state index is -0.615. The second-order valence-corrected chi connectivity index (χ2v) is 7.76. The van der Waals surface area contributed by atoms with Crippen LogP contribution in [0.15, 0.2) is 30.6 Å². The van der Waals surface area contributed by atoms with E-state index in [0.717, 1.165) is 11.1 Å². The van der Waals surface area contributed by atoms with E-state index in [1.165, 1.54) is 0 Å². The molecule has 3 heterocycles. The SMILES string of the molecule is Cc1cncc(C2(C#N)CC3C=CC(C2)N3C(=O)OC(C)(C)C)c1. The maximum atomic E-state index is 12.5. The summed E-state index contributed by atoms with van der Waals surface area (Å²) in [5.74, 6) is 0. The molecule has 1 saturated heterocycles. The highest BCUT2D eigenvalue weighted by Crippen LogP contribution is 2.44. The van der Waals surface area contributed by atoms with Gasteiger partial charge in [0.2, 0.25) is 0 Å². The summed E-state index contributed by atoms with van der Waals surface area (Å²) >= 11 is 0. The topological polar surface area (TPSA) is 66.2 Å². The Bertz CT molecular complexity index is 711. The van der Waals surface area contributed by atoms with E-state index < -0.39 is 11.0 Å². The maximum absolute atomic E-state index is 12.5. The van der Waals surface area contributed by atoms with Crippen molar-refractivity contribution in [3.05, 3.63) is 41.7 Å². The molecule has 1 fully saturated rings. The number of carbonyl (C=O) groups excluding carboxylic acids is 1. The Morgan fingerprint density at radius 3 is 2.46 bits per heavy atom. The molecule has 5 nitrogen and oxygen atoms in total. The highest BCUT2D eigenvalue weighted by molar-refractivity contribution is 5.71. The summed E-state index contributed by atoms with van der Waals surface area (Å²) in [5.41, 5.74) is 0.835. The molecule has 0 aromatic carbocycles. The lowest BCUT2D eigenvalue weighted by atomic mass is 9.71. The van der Waals surface area contributed by atoms with Crippen LogP contribution in [0.25, 0.3) is 0 Å². The van der Waals surface area contributed by atoms with Gasteiger partial charge in [-0.05, 0) is 51.7 Å². The molecular weight excluding hydrogens is 302 g/mol. The first kappa shape index (κ1) is 16.5. The average molecular weight is 325 g/mol. The number of hydrogen-bond acceptors (Lipinski definition) is 4. The number of pyridine rings is 1. The predicted octanol–water partition coefficient (Wildman–Crippen LogP) is 3.49. The average Bonchev–Trinajstić information content (AvgIpc) is 2.77. The zero-order valence-electron chi connectivity index (χ0n) is 14.6.